The van der Waals surface area contributed by atoms with Crippen molar-refractivity contribution in [2.24, 2.45) is 5.92 Å². The molecule has 0 heterocycles. The van der Waals surface area contributed by atoms with Gasteiger partial charge < -0.3 is 14.7 Å². The van der Waals surface area contributed by atoms with Crippen LogP contribution in [0, 0.1) is 5.92 Å². The van der Waals surface area contributed by atoms with Gasteiger partial charge in [-0.1, -0.05) is 12.1 Å². The molecule has 0 radical (unpaired) electrons. The molecule has 1 aliphatic carbocycles. The summed E-state index contributed by atoms with van der Waals surface area (Å²) in [6, 6.07) is 7.63. The minimum Gasteiger partial charge on any atom is -0.511 e. The molecule has 0 amide bonds. The molecule has 0 spiro atoms. The summed E-state index contributed by atoms with van der Waals surface area (Å²) < 4.78 is 5.04. The highest BCUT2D eigenvalue weighted by Crippen LogP contribution is 2.37. The van der Waals surface area contributed by atoms with Crippen molar-refractivity contribution in [2.75, 3.05) is 25.6 Å². The second-order valence-electron chi connectivity index (χ2n) is 5.56. The lowest BCUT2D eigenvalue weighted by molar-refractivity contribution is -0.148. The first-order valence-electron chi connectivity index (χ1n) is 7.31. The van der Waals surface area contributed by atoms with Crippen LogP contribution in [0.25, 0.3) is 0 Å². The Kier molecular flexibility index (Phi) is 4.85. The Hall–Kier alpha value is -2.30. The molecule has 5 heteroatoms. The number of esters is 1. The summed E-state index contributed by atoms with van der Waals surface area (Å²) in [6.07, 6.45) is 1.32. The van der Waals surface area contributed by atoms with Gasteiger partial charge in [-0.3, -0.25) is 9.59 Å². The third kappa shape index (κ3) is 3.30. The third-order valence-corrected chi connectivity index (χ3v) is 3.83. The van der Waals surface area contributed by atoms with Crippen LogP contribution in [-0.4, -0.2) is 37.6 Å². The van der Waals surface area contributed by atoms with Crippen molar-refractivity contribution in [3.05, 3.63) is 41.7 Å². The fourth-order valence-electron chi connectivity index (χ4n) is 2.70. The van der Waals surface area contributed by atoms with E-state index in [9.17, 15) is 14.7 Å². The molecule has 118 valence electrons. The zero-order valence-corrected chi connectivity index (χ0v) is 13.1. The lowest BCUT2D eigenvalue weighted by Gasteiger charge is -2.28. The number of nitrogens with zero attached hydrogens (tertiary/aromatic N) is 1. The third-order valence-electron chi connectivity index (χ3n) is 3.83. The van der Waals surface area contributed by atoms with Gasteiger partial charge in [0.25, 0.3) is 0 Å². The van der Waals surface area contributed by atoms with Crippen molar-refractivity contribution in [2.45, 2.75) is 19.3 Å². The molecule has 1 N–H and O–H groups in total. The number of hydrogen-bond acceptors (Lipinski definition) is 5. The summed E-state index contributed by atoms with van der Waals surface area (Å²) in [4.78, 5) is 25.9. The number of aliphatic hydroxyl groups excluding tert-OH is 1. The van der Waals surface area contributed by atoms with E-state index >= 15 is 0 Å². The number of ketones is 1. The Balaban J connectivity index is 2.34. The number of anilines is 1. The molecule has 22 heavy (non-hydrogen) atoms. The maximum atomic E-state index is 12.1. The first-order chi connectivity index (χ1) is 10.4. The van der Waals surface area contributed by atoms with Gasteiger partial charge in [0.15, 0.2) is 5.78 Å². The van der Waals surface area contributed by atoms with Crippen molar-refractivity contribution >= 4 is 17.4 Å². The number of rotatable bonds is 4. The molecule has 2 atom stereocenters. The summed E-state index contributed by atoms with van der Waals surface area (Å²) in [5.74, 6) is -2.10. The highest BCUT2D eigenvalue weighted by molar-refractivity contribution is 5.94. The first-order valence-corrected chi connectivity index (χ1v) is 7.31. The van der Waals surface area contributed by atoms with Gasteiger partial charge in [0.1, 0.15) is 11.7 Å². The van der Waals surface area contributed by atoms with E-state index in [0.29, 0.717) is 0 Å². The molecule has 5 nitrogen and oxygen atoms in total. The Bertz CT molecular complexity index is 589. The van der Waals surface area contributed by atoms with Crippen molar-refractivity contribution in [3.8, 4) is 0 Å². The maximum absolute atomic E-state index is 12.1. The quantitative estimate of drug-likeness (QED) is 0.865. The van der Waals surface area contributed by atoms with E-state index in [-0.39, 0.29) is 24.6 Å². The van der Waals surface area contributed by atoms with Gasteiger partial charge in [0.2, 0.25) is 0 Å². The number of allylic oxidation sites excluding steroid dienone is 1. The average molecular weight is 303 g/mol. The van der Waals surface area contributed by atoms with E-state index in [0.717, 1.165) is 17.3 Å². The van der Waals surface area contributed by atoms with Crippen molar-refractivity contribution in [1.29, 1.82) is 0 Å². The van der Waals surface area contributed by atoms with Crippen molar-refractivity contribution in [3.63, 3.8) is 0 Å². The van der Waals surface area contributed by atoms with Gasteiger partial charge >= 0.3 is 5.97 Å². The summed E-state index contributed by atoms with van der Waals surface area (Å²) in [7, 11) is 3.88. The molecular formula is C17H21NO4. The van der Waals surface area contributed by atoms with Crippen LogP contribution >= 0.6 is 0 Å². The summed E-state index contributed by atoms with van der Waals surface area (Å²) in [6.45, 7) is 1.95. The van der Waals surface area contributed by atoms with Gasteiger partial charge in [-0.2, -0.15) is 0 Å². The highest BCUT2D eigenvalue weighted by atomic mass is 16.5. The Morgan fingerprint density at radius 3 is 2.50 bits per heavy atom. The van der Waals surface area contributed by atoms with E-state index < -0.39 is 17.8 Å². The molecule has 0 saturated heterocycles. The predicted molar refractivity (Wildman–Crippen MR) is 84.0 cm³/mol. The SMILES string of the molecule is CCOC(=O)C1C(O)=CC(=O)CC1c1ccc(N(C)C)cc1. The molecule has 2 unspecified atom stereocenters. The van der Waals surface area contributed by atoms with Crippen LogP contribution in [0.3, 0.4) is 0 Å². The molecule has 2 rings (SSSR count). The van der Waals surface area contributed by atoms with Gasteiger partial charge in [-0.15, -0.1) is 0 Å². The summed E-state index contributed by atoms with van der Waals surface area (Å²) in [5.41, 5.74) is 1.87. The number of aliphatic hydroxyl groups is 1. The van der Waals surface area contributed by atoms with E-state index in [2.05, 4.69) is 0 Å². The molecule has 1 aromatic rings. The molecule has 0 saturated carbocycles. The number of carbonyl (C=O) groups is 2. The van der Waals surface area contributed by atoms with E-state index in [1.165, 1.54) is 0 Å². The number of hydrogen-bond donors (Lipinski definition) is 1. The van der Waals surface area contributed by atoms with E-state index in [4.69, 9.17) is 4.74 Å². The monoisotopic (exact) mass is 303 g/mol. The van der Waals surface area contributed by atoms with Crippen molar-refractivity contribution in [1.82, 2.24) is 0 Å². The molecular weight excluding hydrogens is 282 g/mol. The Morgan fingerprint density at radius 1 is 1.32 bits per heavy atom. The Labute approximate surface area is 130 Å². The van der Waals surface area contributed by atoms with Crippen LogP contribution in [0.2, 0.25) is 0 Å². The standard InChI is InChI=1S/C17H21NO4/c1-4-22-17(21)16-14(9-13(19)10-15(16)20)11-5-7-12(8-6-11)18(2)3/h5-8,10,14,16,20H,4,9H2,1-3H3. The van der Waals surface area contributed by atoms with Crippen LogP contribution in [-0.2, 0) is 14.3 Å². The van der Waals surface area contributed by atoms with E-state index in [1.54, 1.807) is 6.92 Å². The van der Waals surface area contributed by atoms with Crippen LogP contribution in [0.15, 0.2) is 36.1 Å². The number of carbonyl (C=O) groups excluding carboxylic acids is 2. The minimum absolute atomic E-state index is 0.181. The van der Waals surface area contributed by atoms with Crippen LogP contribution in [0.4, 0.5) is 5.69 Å². The summed E-state index contributed by atoms with van der Waals surface area (Å²) in [5, 5.41) is 10.0. The van der Waals surface area contributed by atoms with Gasteiger partial charge in [0.05, 0.1) is 6.61 Å². The van der Waals surface area contributed by atoms with Crippen LogP contribution in [0.5, 0.6) is 0 Å². The molecule has 1 aromatic carbocycles. The smallest absolute Gasteiger partial charge is 0.317 e. The lowest BCUT2D eigenvalue weighted by atomic mass is 9.77. The largest absolute Gasteiger partial charge is 0.511 e. The number of ether oxygens (including phenoxy) is 1. The van der Waals surface area contributed by atoms with Gasteiger partial charge in [-0.05, 0) is 24.6 Å². The molecule has 0 fully saturated rings. The molecule has 0 bridgehead atoms. The maximum Gasteiger partial charge on any atom is 0.317 e. The average Bonchev–Trinajstić information content (AvgIpc) is 2.46. The van der Waals surface area contributed by atoms with Gasteiger partial charge in [-0.25, -0.2) is 0 Å². The fourth-order valence-corrected chi connectivity index (χ4v) is 2.70. The Morgan fingerprint density at radius 2 is 1.95 bits per heavy atom. The normalized spacial score (nSPS) is 21.2. The zero-order chi connectivity index (χ0) is 16.3. The molecule has 0 aliphatic heterocycles. The van der Waals surface area contributed by atoms with E-state index in [1.807, 2.05) is 43.3 Å². The van der Waals surface area contributed by atoms with Crippen molar-refractivity contribution < 1.29 is 19.4 Å². The topological polar surface area (TPSA) is 66.8 Å². The van der Waals surface area contributed by atoms with Gasteiger partial charge in [0, 0.05) is 38.2 Å². The molecule has 1 aliphatic rings. The zero-order valence-electron chi connectivity index (χ0n) is 13.1. The molecule has 0 aromatic heterocycles. The van der Waals surface area contributed by atoms with Crippen LogP contribution < -0.4 is 4.90 Å². The number of benzene rings is 1. The highest BCUT2D eigenvalue weighted by Gasteiger charge is 2.38. The first kappa shape index (κ1) is 16.1. The lowest BCUT2D eigenvalue weighted by Crippen LogP contribution is -2.31. The minimum atomic E-state index is -0.817. The summed E-state index contributed by atoms with van der Waals surface area (Å²) >= 11 is 0. The second kappa shape index (κ2) is 6.64. The predicted octanol–water partition coefficient (Wildman–Crippen LogP) is 2.43. The second-order valence-corrected chi connectivity index (χ2v) is 5.56. The fraction of sp³-hybridized carbons (Fsp3) is 0.412. The van der Waals surface area contributed by atoms with Crippen LogP contribution in [0.1, 0.15) is 24.8 Å².